The third-order valence-electron chi connectivity index (χ3n) is 7.74. The zero-order valence-corrected chi connectivity index (χ0v) is 23.7. The highest BCUT2D eigenvalue weighted by molar-refractivity contribution is 5.25. The molecule has 2 N–H and O–H groups in total. The van der Waals surface area contributed by atoms with E-state index >= 15 is 0 Å². The topological polar surface area (TPSA) is 66.6 Å². The van der Waals surface area contributed by atoms with E-state index in [2.05, 4.69) is 19.9 Å². The van der Waals surface area contributed by atoms with Gasteiger partial charge < -0.3 is 14.7 Å². The summed E-state index contributed by atoms with van der Waals surface area (Å²) in [4.78, 5) is 14.6. The number of aromatic amines is 2. The summed E-state index contributed by atoms with van der Waals surface area (Å²) in [6.07, 6.45) is 4.43. The van der Waals surface area contributed by atoms with Crippen LogP contribution in [-0.2, 0) is 29.9 Å². The quantitative estimate of drug-likeness (QED) is 0.0989. The minimum Gasteiger partial charge on any atom is -0.381 e. The number of aryl methyl sites for hydroxylation is 2. The van der Waals surface area contributed by atoms with Crippen molar-refractivity contribution in [3.63, 3.8) is 0 Å². The molecule has 0 aliphatic heterocycles. The summed E-state index contributed by atoms with van der Waals surface area (Å²) in [5.41, 5.74) is 2.48. The Hall–Kier alpha value is -3.60. The van der Waals surface area contributed by atoms with Crippen molar-refractivity contribution in [3.05, 3.63) is 107 Å². The molecule has 0 radical (unpaired) electrons. The Labute approximate surface area is 247 Å². The van der Waals surface area contributed by atoms with Gasteiger partial charge in [-0.15, -0.1) is 0 Å². The Morgan fingerprint density at radius 2 is 0.977 bits per heavy atom. The normalized spacial score (nSPS) is 13.7. The van der Waals surface area contributed by atoms with E-state index in [1.54, 1.807) is 25.0 Å². The lowest BCUT2D eigenvalue weighted by Crippen LogP contribution is -2.09. The molecule has 5 nitrogen and oxygen atoms in total. The monoisotopic (exact) mass is 606 g/mol. The zero-order chi connectivity index (χ0) is 30.7. The minimum atomic E-state index is -4.34. The SMILES string of the molecule is FC(F)(F)c1ccc(CCCC(CCOCCC(CCCc2ccc(C(F)(F)F)cc2)c2cnc[nH]2)c2cnc[nH]2)cc1. The Morgan fingerprint density at radius 1 is 0.581 bits per heavy atom. The highest BCUT2D eigenvalue weighted by Gasteiger charge is 2.30. The maximum absolute atomic E-state index is 12.8. The standard InChI is InChI=1S/C32H36F6N4O/c33-31(34,35)27-11-7-23(8-12-27)3-1-5-25(29-19-39-21-41-29)15-17-43-18-16-26(30-20-40-22-42-30)6-2-4-24-9-13-28(14-10-24)32(36,37)38/h7-14,19-22,25-26H,1-6,15-18H2,(H,39,41)(H,40,42). The van der Waals surface area contributed by atoms with Gasteiger partial charge in [-0.25, -0.2) is 9.97 Å². The van der Waals surface area contributed by atoms with Crippen molar-refractivity contribution < 1.29 is 31.1 Å². The predicted octanol–water partition coefficient (Wildman–Crippen LogP) is 8.88. The highest BCUT2D eigenvalue weighted by Crippen LogP contribution is 2.31. The molecule has 0 aliphatic carbocycles. The van der Waals surface area contributed by atoms with Crippen LogP contribution < -0.4 is 0 Å². The van der Waals surface area contributed by atoms with Crippen LogP contribution in [0.5, 0.6) is 0 Å². The second kappa shape index (κ2) is 15.2. The van der Waals surface area contributed by atoms with E-state index in [1.165, 1.54) is 24.3 Å². The molecule has 0 amide bonds. The van der Waals surface area contributed by atoms with Gasteiger partial charge in [0, 0.05) is 48.8 Å². The molecular formula is C32H36F6N4O. The summed E-state index contributed by atoms with van der Waals surface area (Å²) in [7, 11) is 0. The van der Waals surface area contributed by atoms with Crippen molar-refractivity contribution in [2.24, 2.45) is 0 Å². The van der Waals surface area contributed by atoms with E-state index in [9.17, 15) is 26.3 Å². The van der Waals surface area contributed by atoms with Gasteiger partial charge in [0.15, 0.2) is 0 Å². The number of nitrogens with one attached hydrogen (secondary N) is 2. The Balaban J connectivity index is 1.20. The number of rotatable bonds is 16. The van der Waals surface area contributed by atoms with Gasteiger partial charge >= 0.3 is 12.4 Å². The number of benzene rings is 2. The molecule has 0 spiro atoms. The van der Waals surface area contributed by atoms with Crippen LogP contribution in [0.2, 0.25) is 0 Å². The second-order valence-electron chi connectivity index (χ2n) is 10.8. The number of nitrogens with zero attached hydrogens (tertiary/aromatic N) is 2. The van der Waals surface area contributed by atoms with E-state index in [4.69, 9.17) is 4.74 Å². The Kier molecular flexibility index (Phi) is 11.4. The molecular weight excluding hydrogens is 570 g/mol. The molecule has 0 saturated heterocycles. The molecule has 0 fully saturated rings. The summed E-state index contributed by atoms with van der Waals surface area (Å²) in [5.74, 6) is 0.369. The molecule has 2 unspecified atom stereocenters. The lowest BCUT2D eigenvalue weighted by atomic mass is 9.93. The van der Waals surface area contributed by atoms with Crippen LogP contribution in [0.25, 0.3) is 0 Å². The number of hydrogen-bond donors (Lipinski definition) is 2. The summed E-state index contributed by atoms with van der Waals surface area (Å²) >= 11 is 0. The average Bonchev–Trinajstić information content (AvgIpc) is 3.70. The Morgan fingerprint density at radius 3 is 1.30 bits per heavy atom. The smallest absolute Gasteiger partial charge is 0.381 e. The molecule has 4 rings (SSSR count). The number of H-pyrrole nitrogens is 2. The van der Waals surface area contributed by atoms with Gasteiger partial charge in [-0.05, 0) is 86.8 Å². The van der Waals surface area contributed by atoms with Crippen molar-refractivity contribution in [2.45, 2.75) is 75.6 Å². The van der Waals surface area contributed by atoms with Gasteiger partial charge in [-0.3, -0.25) is 0 Å². The maximum Gasteiger partial charge on any atom is 0.416 e. The first-order valence-corrected chi connectivity index (χ1v) is 14.5. The van der Waals surface area contributed by atoms with Crippen LogP contribution in [0.3, 0.4) is 0 Å². The van der Waals surface area contributed by atoms with E-state index in [0.717, 1.165) is 85.3 Å². The maximum atomic E-state index is 12.8. The van der Waals surface area contributed by atoms with Crippen LogP contribution >= 0.6 is 0 Å². The number of alkyl halides is 6. The molecule has 43 heavy (non-hydrogen) atoms. The lowest BCUT2D eigenvalue weighted by Gasteiger charge is -2.18. The lowest BCUT2D eigenvalue weighted by molar-refractivity contribution is -0.138. The fraction of sp³-hybridized carbons (Fsp3) is 0.438. The van der Waals surface area contributed by atoms with Crippen LogP contribution in [0.4, 0.5) is 26.3 Å². The molecule has 0 bridgehead atoms. The van der Waals surface area contributed by atoms with E-state index in [0.29, 0.717) is 26.1 Å². The zero-order valence-electron chi connectivity index (χ0n) is 23.7. The molecule has 2 aromatic heterocycles. The van der Waals surface area contributed by atoms with Gasteiger partial charge in [-0.1, -0.05) is 24.3 Å². The number of halogens is 6. The van der Waals surface area contributed by atoms with Gasteiger partial charge in [0.05, 0.1) is 23.8 Å². The van der Waals surface area contributed by atoms with Gasteiger partial charge in [-0.2, -0.15) is 26.3 Å². The summed E-state index contributed by atoms with van der Waals surface area (Å²) in [5, 5.41) is 0. The molecule has 232 valence electrons. The summed E-state index contributed by atoms with van der Waals surface area (Å²) in [6, 6.07) is 10.7. The molecule has 2 heterocycles. The van der Waals surface area contributed by atoms with Gasteiger partial charge in [0.2, 0.25) is 0 Å². The molecule has 11 heteroatoms. The molecule has 0 saturated carbocycles. The minimum absolute atomic E-state index is 0.184. The number of hydrogen-bond acceptors (Lipinski definition) is 3. The highest BCUT2D eigenvalue weighted by atomic mass is 19.4. The second-order valence-corrected chi connectivity index (χ2v) is 10.8. The van der Waals surface area contributed by atoms with Crippen LogP contribution in [0.1, 0.15) is 84.0 Å². The molecule has 0 aliphatic rings. The van der Waals surface area contributed by atoms with Gasteiger partial charge in [0.25, 0.3) is 0 Å². The predicted molar refractivity (Wildman–Crippen MR) is 151 cm³/mol. The first kappa shape index (κ1) is 32.3. The van der Waals surface area contributed by atoms with E-state index < -0.39 is 23.5 Å². The van der Waals surface area contributed by atoms with E-state index in [-0.39, 0.29) is 11.8 Å². The number of ether oxygens (including phenoxy) is 1. The fourth-order valence-corrected chi connectivity index (χ4v) is 5.27. The van der Waals surface area contributed by atoms with Crippen molar-refractivity contribution in [1.29, 1.82) is 0 Å². The van der Waals surface area contributed by atoms with E-state index in [1.807, 2.05) is 0 Å². The van der Waals surface area contributed by atoms with Crippen molar-refractivity contribution in [2.75, 3.05) is 13.2 Å². The largest absolute Gasteiger partial charge is 0.416 e. The van der Waals surface area contributed by atoms with Crippen LogP contribution in [-0.4, -0.2) is 33.1 Å². The first-order chi connectivity index (χ1) is 20.6. The molecule has 2 aromatic carbocycles. The molecule has 4 aromatic rings. The van der Waals surface area contributed by atoms with Gasteiger partial charge in [0.1, 0.15) is 0 Å². The average molecular weight is 607 g/mol. The number of aromatic nitrogens is 4. The van der Waals surface area contributed by atoms with Crippen LogP contribution in [0, 0.1) is 0 Å². The Bertz CT molecular complexity index is 1210. The van der Waals surface area contributed by atoms with Crippen molar-refractivity contribution in [1.82, 2.24) is 19.9 Å². The fourth-order valence-electron chi connectivity index (χ4n) is 5.27. The molecule has 2 atom stereocenters. The third kappa shape index (κ3) is 10.3. The van der Waals surface area contributed by atoms with Crippen molar-refractivity contribution in [3.8, 4) is 0 Å². The summed E-state index contributed by atoms with van der Waals surface area (Å²) in [6.45, 7) is 1.09. The third-order valence-corrected chi connectivity index (χ3v) is 7.74. The van der Waals surface area contributed by atoms with Crippen LogP contribution in [0.15, 0.2) is 73.6 Å². The first-order valence-electron chi connectivity index (χ1n) is 14.5. The summed E-state index contributed by atoms with van der Waals surface area (Å²) < 4.78 is 83.0. The van der Waals surface area contributed by atoms with Crippen molar-refractivity contribution >= 4 is 0 Å². The number of imidazole rings is 2.